The quantitative estimate of drug-likeness (QED) is 0.874. The van der Waals surface area contributed by atoms with Crippen molar-refractivity contribution in [2.45, 2.75) is 37.7 Å². The molecule has 5 heteroatoms. The van der Waals surface area contributed by atoms with Crippen molar-refractivity contribution in [3.8, 4) is 5.75 Å². The Morgan fingerprint density at radius 1 is 1.35 bits per heavy atom. The number of alkyl halides is 2. The SMILES string of the molecule is NCC(O)c1cccc(OCC2CCC(F)(F)CC2)c1. The fourth-order valence-corrected chi connectivity index (χ4v) is 2.43. The largest absolute Gasteiger partial charge is 0.493 e. The Labute approximate surface area is 117 Å². The lowest BCUT2D eigenvalue weighted by Gasteiger charge is -2.28. The second kappa shape index (κ2) is 6.50. The van der Waals surface area contributed by atoms with Crippen LogP contribution >= 0.6 is 0 Å². The highest BCUT2D eigenvalue weighted by molar-refractivity contribution is 5.30. The van der Waals surface area contributed by atoms with Gasteiger partial charge < -0.3 is 15.6 Å². The Balaban J connectivity index is 1.85. The fraction of sp³-hybridized carbons (Fsp3) is 0.600. The van der Waals surface area contributed by atoms with Gasteiger partial charge in [0.2, 0.25) is 5.92 Å². The summed E-state index contributed by atoms with van der Waals surface area (Å²) >= 11 is 0. The predicted molar refractivity (Wildman–Crippen MR) is 72.9 cm³/mol. The van der Waals surface area contributed by atoms with E-state index in [1.165, 1.54) is 0 Å². The number of hydrogen-bond donors (Lipinski definition) is 2. The number of hydrogen-bond acceptors (Lipinski definition) is 3. The van der Waals surface area contributed by atoms with Gasteiger partial charge in [0.05, 0.1) is 12.7 Å². The van der Waals surface area contributed by atoms with Crippen molar-refractivity contribution in [1.82, 2.24) is 0 Å². The molecule has 1 aliphatic rings. The van der Waals surface area contributed by atoms with E-state index in [1.807, 2.05) is 0 Å². The maximum atomic E-state index is 13.0. The van der Waals surface area contributed by atoms with Gasteiger partial charge in [0.25, 0.3) is 0 Å². The normalized spacial score (nSPS) is 20.6. The summed E-state index contributed by atoms with van der Waals surface area (Å²) < 4.78 is 31.7. The molecular formula is C15H21F2NO2. The van der Waals surface area contributed by atoms with Gasteiger partial charge in [-0.3, -0.25) is 0 Å². The van der Waals surface area contributed by atoms with Crippen molar-refractivity contribution in [3.63, 3.8) is 0 Å². The molecule has 1 aliphatic carbocycles. The molecule has 1 fully saturated rings. The minimum absolute atomic E-state index is 0.0487. The second-order valence-corrected chi connectivity index (χ2v) is 5.43. The monoisotopic (exact) mass is 285 g/mol. The molecule has 0 spiro atoms. The molecule has 0 heterocycles. The molecule has 2 rings (SSSR count). The molecular weight excluding hydrogens is 264 g/mol. The number of halogens is 2. The van der Waals surface area contributed by atoms with E-state index in [0.717, 1.165) is 0 Å². The summed E-state index contributed by atoms with van der Waals surface area (Å²) in [7, 11) is 0. The standard InChI is InChI=1S/C15H21F2NO2/c16-15(17)6-4-11(5-7-15)10-20-13-3-1-2-12(8-13)14(19)9-18/h1-3,8,11,14,19H,4-7,9-10,18H2. The molecule has 3 nitrogen and oxygen atoms in total. The van der Waals surface area contributed by atoms with Gasteiger partial charge in [0.15, 0.2) is 0 Å². The molecule has 0 aliphatic heterocycles. The molecule has 1 atom stereocenters. The van der Waals surface area contributed by atoms with Gasteiger partial charge in [-0.2, -0.15) is 0 Å². The molecule has 0 amide bonds. The van der Waals surface area contributed by atoms with E-state index >= 15 is 0 Å². The minimum atomic E-state index is -2.50. The van der Waals surface area contributed by atoms with E-state index in [9.17, 15) is 13.9 Å². The lowest BCUT2D eigenvalue weighted by atomic mass is 9.87. The highest BCUT2D eigenvalue weighted by Crippen LogP contribution is 2.36. The fourth-order valence-electron chi connectivity index (χ4n) is 2.43. The van der Waals surface area contributed by atoms with Gasteiger partial charge in [0, 0.05) is 19.4 Å². The van der Waals surface area contributed by atoms with Gasteiger partial charge in [0.1, 0.15) is 5.75 Å². The molecule has 0 bridgehead atoms. The lowest BCUT2D eigenvalue weighted by molar-refractivity contribution is -0.0498. The molecule has 0 aromatic heterocycles. The summed E-state index contributed by atoms with van der Waals surface area (Å²) in [6.07, 6.45) is 0.197. The summed E-state index contributed by atoms with van der Waals surface area (Å²) in [4.78, 5) is 0. The van der Waals surface area contributed by atoms with Crippen molar-refractivity contribution in [3.05, 3.63) is 29.8 Å². The molecule has 0 saturated heterocycles. The van der Waals surface area contributed by atoms with Crippen LogP contribution in [0.4, 0.5) is 8.78 Å². The Bertz CT molecular complexity index is 430. The zero-order chi connectivity index (χ0) is 14.6. The van der Waals surface area contributed by atoms with Crippen LogP contribution in [-0.4, -0.2) is 24.2 Å². The third-order valence-electron chi connectivity index (χ3n) is 3.79. The molecule has 20 heavy (non-hydrogen) atoms. The van der Waals surface area contributed by atoms with E-state index in [4.69, 9.17) is 10.5 Å². The smallest absolute Gasteiger partial charge is 0.248 e. The molecule has 1 aromatic carbocycles. The molecule has 0 radical (unpaired) electrons. The molecule has 3 N–H and O–H groups in total. The summed E-state index contributed by atoms with van der Waals surface area (Å²) in [5.41, 5.74) is 6.12. The zero-order valence-corrected chi connectivity index (χ0v) is 11.4. The number of benzene rings is 1. The van der Waals surface area contributed by atoms with Gasteiger partial charge in [-0.05, 0) is 36.5 Å². The number of aliphatic hydroxyl groups excluding tert-OH is 1. The van der Waals surface area contributed by atoms with E-state index in [0.29, 0.717) is 30.8 Å². The Morgan fingerprint density at radius 2 is 2.05 bits per heavy atom. The number of rotatable bonds is 5. The Morgan fingerprint density at radius 3 is 2.70 bits per heavy atom. The summed E-state index contributed by atoms with van der Waals surface area (Å²) in [6.45, 7) is 0.597. The first kappa shape index (κ1) is 15.2. The third kappa shape index (κ3) is 4.15. The van der Waals surface area contributed by atoms with E-state index in [-0.39, 0.29) is 25.3 Å². The average molecular weight is 285 g/mol. The Kier molecular flexibility index (Phi) is 4.94. The van der Waals surface area contributed by atoms with Crippen molar-refractivity contribution >= 4 is 0 Å². The molecule has 1 unspecified atom stereocenters. The van der Waals surface area contributed by atoms with Gasteiger partial charge in [-0.15, -0.1) is 0 Å². The maximum Gasteiger partial charge on any atom is 0.248 e. The maximum absolute atomic E-state index is 13.0. The van der Waals surface area contributed by atoms with Crippen LogP contribution in [0, 0.1) is 5.92 Å². The predicted octanol–water partition coefficient (Wildman–Crippen LogP) is 2.88. The van der Waals surface area contributed by atoms with E-state index in [2.05, 4.69) is 0 Å². The van der Waals surface area contributed by atoms with Crippen LogP contribution in [0.25, 0.3) is 0 Å². The highest BCUT2D eigenvalue weighted by atomic mass is 19.3. The third-order valence-corrected chi connectivity index (χ3v) is 3.79. The van der Waals surface area contributed by atoms with Crippen LogP contribution in [0.3, 0.4) is 0 Å². The van der Waals surface area contributed by atoms with Crippen molar-refractivity contribution in [1.29, 1.82) is 0 Å². The molecule has 1 saturated carbocycles. The van der Waals surface area contributed by atoms with Crippen LogP contribution < -0.4 is 10.5 Å². The first-order chi connectivity index (χ1) is 9.50. The summed E-state index contributed by atoms with van der Waals surface area (Å²) in [5.74, 6) is -1.67. The van der Waals surface area contributed by atoms with E-state index < -0.39 is 12.0 Å². The van der Waals surface area contributed by atoms with Crippen LogP contribution in [0.5, 0.6) is 5.75 Å². The van der Waals surface area contributed by atoms with Crippen LogP contribution in [0.1, 0.15) is 37.4 Å². The zero-order valence-electron chi connectivity index (χ0n) is 11.4. The van der Waals surface area contributed by atoms with Gasteiger partial charge in [-0.1, -0.05) is 12.1 Å². The lowest BCUT2D eigenvalue weighted by Crippen LogP contribution is -2.27. The van der Waals surface area contributed by atoms with Gasteiger partial charge in [-0.25, -0.2) is 8.78 Å². The topological polar surface area (TPSA) is 55.5 Å². The summed E-state index contributed by atoms with van der Waals surface area (Å²) in [5, 5.41) is 9.66. The van der Waals surface area contributed by atoms with Crippen molar-refractivity contribution < 1.29 is 18.6 Å². The van der Waals surface area contributed by atoms with Crippen LogP contribution in [0.2, 0.25) is 0 Å². The molecule has 112 valence electrons. The molecule has 1 aromatic rings. The van der Waals surface area contributed by atoms with E-state index in [1.54, 1.807) is 24.3 Å². The van der Waals surface area contributed by atoms with Crippen molar-refractivity contribution in [2.24, 2.45) is 11.7 Å². The number of aliphatic hydroxyl groups is 1. The van der Waals surface area contributed by atoms with Crippen LogP contribution in [0.15, 0.2) is 24.3 Å². The van der Waals surface area contributed by atoms with Gasteiger partial charge >= 0.3 is 0 Å². The Hall–Kier alpha value is -1.20. The second-order valence-electron chi connectivity index (χ2n) is 5.43. The van der Waals surface area contributed by atoms with Crippen LogP contribution in [-0.2, 0) is 0 Å². The average Bonchev–Trinajstić information content (AvgIpc) is 2.45. The summed E-state index contributed by atoms with van der Waals surface area (Å²) in [6, 6.07) is 7.11. The first-order valence-corrected chi connectivity index (χ1v) is 6.99. The number of nitrogens with two attached hydrogens (primary N) is 1. The number of ether oxygens (including phenoxy) is 1. The van der Waals surface area contributed by atoms with Crippen molar-refractivity contribution in [2.75, 3.05) is 13.2 Å². The minimum Gasteiger partial charge on any atom is -0.493 e. The first-order valence-electron chi connectivity index (χ1n) is 6.99. The highest BCUT2D eigenvalue weighted by Gasteiger charge is 2.34.